The number of anilines is 3. The second kappa shape index (κ2) is 9.89. The first kappa shape index (κ1) is 21.3. The normalized spacial score (nSPS) is 10.3. The van der Waals surface area contributed by atoms with Crippen molar-refractivity contribution < 1.29 is 19.2 Å². The Balaban J connectivity index is 1.59. The van der Waals surface area contributed by atoms with Gasteiger partial charge in [0.1, 0.15) is 17.2 Å². The van der Waals surface area contributed by atoms with Crippen LogP contribution in [0.15, 0.2) is 46.8 Å². The molecule has 1 amide bonds. The van der Waals surface area contributed by atoms with Crippen molar-refractivity contribution in [3.8, 4) is 11.5 Å². The average molecular weight is 447 g/mol. The first-order valence-corrected chi connectivity index (χ1v) is 10.3. The van der Waals surface area contributed by atoms with E-state index < -0.39 is 10.8 Å². The summed E-state index contributed by atoms with van der Waals surface area (Å²) in [7, 11) is 2.99. The molecule has 2 N–H and O–H groups in total. The van der Waals surface area contributed by atoms with Gasteiger partial charge in [-0.3, -0.25) is 14.9 Å². The van der Waals surface area contributed by atoms with Crippen LogP contribution in [0, 0.1) is 10.1 Å². The Kier molecular flexibility index (Phi) is 7.03. The largest absolute Gasteiger partial charge is 0.496 e. The molecule has 0 aliphatic heterocycles. The van der Waals surface area contributed by atoms with Gasteiger partial charge < -0.3 is 20.1 Å². The molecule has 10 nitrogen and oxygen atoms in total. The minimum absolute atomic E-state index is 0.0203. The van der Waals surface area contributed by atoms with Crippen molar-refractivity contribution in [3.05, 3.63) is 52.6 Å². The zero-order valence-corrected chi connectivity index (χ0v) is 17.6. The number of aromatic nitrogens is 2. The highest BCUT2D eigenvalue weighted by Crippen LogP contribution is 2.32. The molecule has 1 heterocycles. The first-order chi connectivity index (χ1) is 14.5. The van der Waals surface area contributed by atoms with Gasteiger partial charge in [0.05, 0.1) is 36.6 Å². The molecular formula is C18H17N5O5S2. The Hall–Kier alpha value is -3.38. The number of hydrogen-bond acceptors (Lipinski definition) is 10. The molecule has 3 rings (SSSR count). The minimum atomic E-state index is -0.578. The number of rotatable bonds is 9. The lowest BCUT2D eigenvalue weighted by Crippen LogP contribution is -2.15. The lowest BCUT2D eigenvalue weighted by Gasteiger charge is -2.07. The maximum absolute atomic E-state index is 12.2. The van der Waals surface area contributed by atoms with Crippen LogP contribution >= 0.6 is 23.1 Å². The quantitative estimate of drug-likeness (QED) is 0.285. The van der Waals surface area contributed by atoms with Crippen LogP contribution in [0.5, 0.6) is 11.5 Å². The minimum Gasteiger partial charge on any atom is -0.496 e. The molecule has 3 aromatic rings. The van der Waals surface area contributed by atoms with E-state index in [9.17, 15) is 14.9 Å². The van der Waals surface area contributed by atoms with Crippen LogP contribution < -0.4 is 20.1 Å². The highest BCUT2D eigenvalue weighted by Gasteiger charge is 2.18. The van der Waals surface area contributed by atoms with E-state index in [0.29, 0.717) is 21.0 Å². The van der Waals surface area contributed by atoms with Gasteiger partial charge in [0.15, 0.2) is 4.34 Å². The maximum Gasteiger partial charge on any atom is 0.296 e. The molecule has 0 spiro atoms. The zero-order chi connectivity index (χ0) is 21.5. The SMILES string of the molecule is COc1ccc(NC(=O)CSc2nnc(Nc3ccccc3OC)s2)c([N+](=O)[O-])c1. The molecule has 0 aliphatic rings. The fourth-order valence-electron chi connectivity index (χ4n) is 2.39. The smallest absolute Gasteiger partial charge is 0.296 e. The fourth-order valence-corrected chi connectivity index (χ4v) is 3.95. The third-order valence-corrected chi connectivity index (χ3v) is 5.73. The number of nitro groups is 1. The molecule has 0 radical (unpaired) electrons. The highest BCUT2D eigenvalue weighted by molar-refractivity contribution is 8.01. The van der Waals surface area contributed by atoms with Crippen LogP contribution in [0.3, 0.4) is 0 Å². The molecule has 0 saturated heterocycles. The highest BCUT2D eigenvalue weighted by atomic mass is 32.2. The van der Waals surface area contributed by atoms with Gasteiger partial charge >= 0.3 is 0 Å². The van der Waals surface area contributed by atoms with E-state index >= 15 is 0 Å². The number of para-hydroxylation sites is 2. The van der Waals surface area contributed by atoms with Crippen LogP contribution in [0.1, 0.15) is 0 Å². The number of carbonyl (C=O) groups is 1. The number of nitrogens with zero attached hydrogens (tertiary/aromatic N) is 3. The topological polar surface area (TPSA) is 129 Å². The Labute approximate surface area is 179 Å². The molecule has 1 aromatic heterocycles. The summed E-state index contributed by atoms with van der Waals surface area (Å²) >= 11 is 2.46. The number of amides is 1. The summed E-state index contributed by atoms with van der Waals surface area (Å²) in [5, 5.41) is 25.5. The van der Waals surface area contributed by atoms with Gasteiger partial charge in [-0.1, -0.05) is 35.2 Å². The third kappa shape index (κ3) is 5.36. The summed E-state index contributed by atoms with van der Waals surface area (Å²) in [5.41, 5.74) is 0.603. The van der Waals surface area contributed by atoms with E-state index in [0.717, 1.165) is 5.69 Å². The van der Waals surface area contributed by atoms with Crippen molar-refractivity contribution in [2.45, 2.75) is 4.34 Å². The van der Waals surface area contributed by atoms with Crippen molar-refractivity contribution in [1.82, 2.24) is 10.2 Å². The molecule has 2 aromatic carbocycles. The third-order valence-electron chi connectivity index (χ3n) is 3.76. The Morgan fingerprint density at radius 2 is 1.97 bits per heavy atom. The summed E-state index contributed by atoms with van der Waals surface area (Å²) < 4.78 is 10.8. The van der Waals surface area contributed by atoms with Gasteiger partial charge in [-0.2, -0.15) is 0 Å². The molecule has 0 bridgehead atoms. The molecule has 0 unspecified atom stereocenters. The van der Waals surface area contributed by atoms with Crippen molar-refractivity contribution in [1.29, 1.82) is 0 Å². The molecular weight excluding hydrogens is 430 g/mol. The predicted molar refractivity (Wildman–Crippen MR) is 115 cm³/mol. The van der Waals surface area contributed by atoms with E-state index in [2.05, 4.69) is 20.8 Å². The lowest BCUT2D eigenvalue weighted by molar-refractivity contribution is -0.384. The Bertz CT molecular complexity index is 1060. The van der Waals surface area contributed by atoms with E-state index in [4.69, 9.17) is 9.47 Å². The van der Waals surface area contributed by atoms with Crippen molar-refractivity contribution in [3.63, 3.8) is 0 Å². The molecule has 0 fully saturated rings. The second-order valence-electron chi connectivity index (χ2n) is 5.68. The predicted octanol–water partition coefficient (Wildman–Crippen LogP) is 3.94. The summed E-state index contributed by atoms with van der Waals surface area (Å²) in [5.74, 6) is 0.620. The number of thioether (sulfide) groups is 1. The standard InChI is InChI=1S/C18H17N5O5S2/c1-27-11-7-8-12(14(9-11)23(25)26)19-16(24)10-29-18-22-21-17(30-18)20-13-5-3-4-6-15(13)28-2/h3-9H,10H2,1-2H3,(H,19,24)(H,20,21). The summed E-state index contributed by atoms with van der Waals surface area (Å²) in [6.45, 7) is 0. The van der Waals surface area contributed by atoms with Crippen LogP contribution in [-0.2, 0) is 4.79 Å². The lowest BCUT2D eigenvalue weighted by atomic mass is 10.2. The van der Waals surface area contributed by atoms with E-state index in [1.165, 1.54) is 48.4 Å². The Morgan fingerprint density at radius 1 is 1.17 bits per heavy atom. The van der Waals surface area contributed by atoms with Gasteiger partial charge in [-0.25, -0.2) is 0 Å². The van der Waals surface area contributed by atoms with Gasteiger partial charge in [-0.15, -0.1) is 10.2 Å². The molecule has 12 heteroatoms. The summed E-state index contributed by atoms with van der Waals surface area (Å²) in [4.78, 5) is 22.9. The average Bonchev–Trinajstić information content (AvgIpc) is 3.20. The van der Waals surface area contributed by atoms with Crippen LogP contribution in [0.2, 0.25) is 0 Å². The maximum atomic E-state index is 12.2. The van der Waals surface area contributed by atoms with Gasteiger partial charge in [0.2, 0.25) is 11.0 Å². The monoisotopic (exact) mass is 447 g/mol. The number of ether oxygens (including phenoxy) is 2. The second-order valence-corrected chi connectivity index (χ2v) is 7.88. The van der Waals surface area contributed by atoms with Crippen LogP contribution in [0.25, 0.3) is 0 Å². The number of nitro benzene ring substituents is 1. The van der Waals surface area contributed by atoms with Crippen molar-refractivity contribution >= 4 is 51.2 Å². The number of hydrogen-bond donors (Lipinski definition) is 2. The van der Waals surface area contributed by atoms with E-state index in [-0.39, 0.29) is 17.1 Å². The molecule has 0 atom stereocenters. The zero-order valence-electron chi connectivity index (χ0n) is 15.9. The van der Waals surface area contributed by atoms with Crippen molar-refractivity contribution in [2.75, 3.05) is 30.6 Å². The van der Waals surface area contributed by atoms with Crippen LogP contribution in [0.4, 0.5) is 22.2 Å². The summed E-state index contributed by atoms with van der Waals surface area (Å²) in [6.07, 6.45) is 0. The number of nitrogens with one attached hydrogen (secondary N) is 2. The summed E-state index contributed by atoms with van der Waals surface area (Å²) in [6, 6.07) is 11.6. The molecule has 30 heavy (non-hydrogen) atoms. The fraction of sp³-hybridized carbons (Fsp3) is 0.167. The first-order valence-electron chi connectivity index (χ1n) is 8.48. The van der Waals surface area contributed by atoms with Crippen LogP contribution in [-0.4, -0.2) is 41.0 Å². The Morgan fingerprint density at radius 3 is 2.70 bits per heavy atom. The number of benzene rings is 2. The number of methoxy groups -OCH3 is 2. The molecule has 0 aliphatic carbocycles. The number of carbonyl (C=O) groups excluding carboxylic acids is 1. The molecule has 156 valence electrons. The van der Waals surface area contributed by atoms with Gasteiger partial charge in [0, 0.05) is 0 Å². The van der Waals surface area contributed by atoms with Gasteiger partial charge in [-0.05, 0) is 24.3 Å². The van der Waals surface area contributed by atoms with E-state index in [1.54, 1.807) is 7.11 Å². The van der Waals surface area contributed by atoms with Gasteiger partial charge in [0.25, 0.3) is 5.69 Å². The molecule has 0 saturated carbocycles. The van der Waals surface area contributed by atoms with E-state index in [1.807, 2.05) is 24.3 Å². The van der Waals surface area contributed by atoms with Crippen molar-refractivity contribution in [2.24, 2.45) is 0 Å².